The quantitative estimate of drug-likeness (QED) is 0.733. The molecule has 0 aliphatic heterocycles. The predicted octanol–water partition coefficient (Wildman–Crippen LogP) is 4.11. The number of fused-ring (bicyclic) bond motifs is 1. The first-order valence-electron chi connectivity index (χ1n) is 7.78. The van der Waals surface area contributed by atoms with Crippen LogP contribution < -0.4 is 10.1 Å². The van der Waals surface area contributed by atoms with E-state index in [1.807, 2.05) is 49.4 Å². The summed E-state index contributed by atoms with van der Waals surface area (Å²) in [5.41, 5.74) is 3.44. The van der Waals surface area contributed by atoms with Crippen molar-refractivity contribution in [2.24, 2.45) is 0 Å². The minimum absolute atomic E-state index is 0.116. The number of aryl methyl sites for hydroxylation is 1. The highest BCUT2D eigenvalue weighted by Crippen LogP contribution is 2.24. The van der Waals surface area contributed by atoms with Gasteiger partial charge in [0.05, 0.1) is 7.11 Å². The zero-order valence-electron chi connectivity index (χ0n) is 13.7. The topological polar surface area (TPSA) is 54.1 Å². The van der Waals surface area contributed by atoms with E-state index in [4.69, 9.17) is 16.3 Å². The van der Waals surface area contributed by atoms with Gasteiger partial charge in [-0.2, -0.15) is 0 Å². The molecule has 24 heavy (non-hydrogen) atoms. The molecule has 0 unspecified atom stereocenters. The van der Waals surface area contributed by atoms with Crippen LogP contribution in [0, 0.1) is 6.92 Å². The van der Waals surface area contributed by atoms with Gasteiger partial charge in [-0.1, -0.05) is 35.9 Å². The summed E-state index contributed by atoms with van der Waals surface area (Å²) in [6.07, 6.45) is 0.709. The maximum absolute atomic E-state index is 12.5. The number of aromatic nitrogens is 1. The molecule has 4 nitrogen and oxygen atoms in total. The average Bonchev–Trinajstić information content (AvgIpc) is 2.91. The fourth-order valence-electron chi connectivity index (χ4n) is 2.85. The summed E-state index contributed by atoms with van der Waals surface area (Å²) in [4.78, 5) is 15.6. The number of hydrogen-bond donors (Lipinski definition) is 2. The zero-order chi connectivity index (χ0) is 17.1. The minimum atomic E-state index is -0.116. The summed E-state index contributed by atoms with van der Waals surface area (Å²) >= 11 is 6.01. The van der Waals surface area contributed by atoms with Gasteiger partial charge in [0.2, 0.25) is 0 Å². The lowest BCUT2D eigenvalue weighted by Crippen LogP contribution is -2.26. The second-order valence-corrected chi connectivity index (χ2v) is 6.07. The first kappa shape index (κ1) is 16.4. The molecule has 1 aromatic heterocycles. The van der Waals surface area contributed by atoms with Gasteiger partial charge in [-0.05, 0) is 42.7 Å². The maximum atomic E-state index is 12.5. The van der Waals surface area contributed by atoms with Crippen molar-refractivity contribution >= 4 is 28.4 Å². The first-order valence-corrected chi connectivity index (χ1v) is 8.16. The highest BCUT2D eigenvalue weighted by Gasteiger charge is 2.14. The molecule has 0 spiro atoms. The van der Waals surface area contributed by atoms with Crippen LogP contribution in [0.3, 0.4) is 0 Å². The average molecular weight is 343 g/mol. The molecular weight excluding hydrogens is 324 g/mol. The zero-order valence-corrected chi connectivity index (χ0v) is 14.4. The minimum Gasteiger partial charge on any atom is -0.496 e. The van der Waals surface area contributed by atoms with Gasteiger partial charge in [0.1, 0.15) is 11.4 Å². The molecule has 1 heterocycles. The Morgan fingerprint density at radius 3 is 2.83 bits per heavy atom. The fraction of sp³-hybridized carbons (Fsp3) is 0.211. The molecular formula is C19H19ClN2O2. The second-order valence-electron chi connectivity index (χ2n) is 5.63. The highest BCUT2D eigenvalue weighted by molar-refractivity contribution is 6.31. The monoisotopic (exact) mass is 342 g/mol. The number of ether oxygens (including phenoxy) is 1. The number of H-pyrrole nitrogens is 1. The molecule has 2 aromatic carbocycles. The van der Waals surface area contributed by atoms with Gasteiger partial charge in [-0.25, -0.2) is 0 Å². The third kappa shape index (κ3) is 3.24. The number of amides is 1. The SMILES string of the molecule is COc1ccccc1CCNC(=O)c1[nH]c2cc(Cl)ccc2c1C. The van der Waals surface area contributed by atoms with Crippen molar-refractivity contribution in [3.8, 4) is 5.75 Å². The molecule has 5 heteroatoms. The lowest BCUT2D eigenvalue weighted by molar-refractivity contribution is 0.0949. The molecule has 0 radical (unpaired) electrons. The summed E-state index contributed by atoms with van der Waals surface area (Å²) in [6.45, 7) is 2.47. The van der Waals surface area contributed by atoms with Gasteiger partial charge in [0, 0.05) is 22.5 Å². The van der Waals surface area contributed by atoms with Crippen LogP contribution in [-0.2, 0) is 6.42 Å². The Balaban J connectivity index is 1.70. The summed E-state index contributed by atoms with van der Waals surface area (Å²) in [5, 5.41) is 4.61. The largest absolute Gasteiger partial charge is 0.496 e. The molecule has 1 amide bonds. The number of halogens is 1. The predicted molar refractivity (Wildman–Crippen MR) is 97.1 cm³/mol. The second kappa shape index (κ2) is 6.97. The third-order valence-corrected chi connectivity index (χ3v) is 4.35. The normalized spacial score (nSPS) is 10.8. The van der Waals surface area contributed by atoms with Gasteiger partial charge >= 0.3 is 0 Å². The first-order chi connectivity index (χ1) is 11.6. The van der Waals surface area contributed by atoms with Crippen molar-refractivity contribution in [2.75, 3.05) is 13.7 Å². The Labute approximate surface area is 145 Å². The van der Waals surface area contributed by atoms with Crippen LogP contribution in [0.4, 0.5) is 0 Å². The van der Waals surface area contributed by atoms with E-state index in [2.05, 4.69) is 10.3 Å². The van der Waals surface area contributed by atoms with Crippen molar-refractivity contribution in [3.63, 3.8) is 0 Å². The van der Waals surface area contributed by atoms with Gasteiger partial charge in [0.25, 0.3) is 5.91 Å². The smallest absolute Gasteiger partial charge is 0.268 e. The van der Waals surface area contributed by atoms with Crippen molar-refractivity contribution in [1.29, 1.82) is 0 Å². The van der Waals surface area contributed by atoms with Crippen LogP contribution in [0.15, 0.2) is 42.5 Å². The van der Waals surface area contributed by atoms with Crippen LogP contribution in [0.2, 0.25) is 5.02 Å². The number of nitrogens with one attached hydrogen (secondary N) is 2. The Morgan fingerprint density at radius 2 is 2.04 bits per heavy atom. The van der Waals surface area contributed by atoms with Crippen molar-refractivity contribution in [2.45, 2.75) is 13.3 Å². The molecule has 0 saturated carbocycles. The van der Waals surface area contributed by atoms with E-state index in [-0.39, 0.29) is 5.91 Å². The van der Waals surface area contributed by atoms with Crippen molar-refractivity contribution in [1.82, 2.24) is 10.3 Å². The molecule has 0 aliphatic carbocycles. The van der Waals surface area contributed by atoms with Crippen LogP contribution in [0.5, 0.6) is 5.75 Å². The van der Waals surface area contributed by atoms with Gasteiger partial charge in [-0.3, -0.25) is 4.79 Å². The number of aromatic amines is 1. The number of carbonyl (C=O) groups excluding carboxylic acids is 1. The van der Waals surface area contributed by atoms with Gasteiger partial charge in [-0.15, -0.1) is 0 Å². The molecule has 124 valence electrons. The summed E-state index contributed by atoms with van der Waals surface area (Å²) in [6, 6.07) is 13.4. The third-order valence-electron chi connectivity index (χ3n) is 4.12. The fourth-order valence-corrected chi connectivity index (χ4v) is 3.02. The van der Waals surface area contributed by atoms with Crippen LogP contribution in [0.1, 0.15) is 21.6 Å². The number of methoxy groups -OCH3 is 1. The molecule has 3 rings (SSSR count). The molecule has 0 atom stereocenters. The van der Waals surface area contributed by atoms with E-state index in [0.717, 1.165) is 27.8 Å². The number of hydrogen-bond acceptors (Lipinski definition) is 2. The molecule has 0 aliphatic rings. The van der Waals surface area contributed by atoms with E-state index < -0.39 is 0 Å². The van der Waals surface area contributed by atoms with Gasteiger partial charge < -0.3 is 15.0 Å². The number of para-hydroxylation sites is 1. The molecule has 3 aromatic rings. The Bertz CT molecular complexity index is 886. The van der Waals surface area contributed by atoms with E-state index in [1.165, 1.54) is 0 Å². The van der Waals surface area contributed by atoms with E-state index in [1.54, 1.807) is 7.11 Å². The van der Waals surface area contributed by atoms with Crippen LogP contribution in [0.25, 0.3) is 10.9 Å². The van der Waals surface area contributed by atoms with E-state index >= 15 is 0 Å². The van der Waals surface area contributed by atoms with Crippen LogP contribution >= 0.6 is 11.6 Å². The lowest BCUT2D eigenvalue weighted by Gasteiger charge is -2.09. The number of rotatable bonds is 5. The molecule has 0 fully saturated rings. The molecule has 0 bridgehead atoms. The number of carbonyl (C=O) groups is 1. The van der Waals surface area contributed by atoms with Crippen molar-refractivity contribution < 1.29 is 9.53 Å². The molecule has 2 N–H and O–H groups in total. The summed E-state index contributed by atoms with van der Waals surface area (Å²) < 4.78 is 5.33. The van der Waals surface area contributed by atoms with Gasteiger partial charge in [0.15, 0.2) is 0 Å². The number of benzene rings is 2. The maximum Gasteiger partial charge on any atom is 0.268 e. The lowest BCUT2D eigenvalue weighted by atomic mass is 10.1. The Hall–Kier alpha value is -2.46. The molecule has 0 saturated heterocycles. The highest BCUT2D eigenvalue weighted by atomic mass is 35.5. The summed E-state index contributed by atoms with van der Waals surface area (Å²) in [7, 11) is 1.65. The van der Waals surface area contributed by atoms with Crippen molar-refractivity contribution in [3.05, 3.63) is 64.3 Å². The van der Waals surface area contributed by atoms with Crippen LogP contribution in [-0.4, -0.2) is 24.5 Å². The standard InChI is InChI=1S/C19H19ClN2O2/c1-12-15-8-7-14(20)11-16(15)22-18(12)19(23)21-10-9-13-5-3-4-6-17(13)24-2/h3-8,11,22H,9-10H2,1-2H3,(H,21,23). The summed E-state index contributed by atoms with van der Waals surface area (Å²) in [5.74, 6) is 0.720. The van der Waals surface area contributed by atoms with E-state index in [9.17, 15) is 4.79 Å². The van der Waals surface area contributed by atoms with E-state index in [0.29, 0.717) is 23.7 Å². The Kier molecular flexibility index (Phi) is 4.76. The Morgan fingerprint density at radius 1 is 1.25 bits per heavy atom.